The number of aliphatic hydroxyl groups is 2. The molecule has 2 saturated carbocycles. The van der Waals surface area contributed by atoms with Crippen molar-refractivity contribution in [3.63, 3.8) is 0 Å². The first kappa shape index (κ1) is 10.4. The average molecular weight is 219 g/mol. The van der Waals surface area contributed by atoms with Crippen LogP contribution in [0.2, 0.25) is 0 Å². The van der Waals surface area contributed by atoms with E-state index in [-0.39, 0.29) is 5.78 Å². The fourth-order valence-electron chi connectivity index (χ4n) is 2.50. The van der Waals surface area contributed by atoms with E-state index in [1.807, 2.05) is 0 Å². The smallest absolute Gasteiger partial charge is 0.167 e. The van der Waals surface area contributed by atoms with Crippen LogP contribution >= 0.6 is 11.6 Å². The molecular weight excluding hydrogens is 204 g/mol. The maximum atomic E-state index is 11.3. The van der Waals surface area contributed by atoms with Gasteiger partial charge in [-0.2, -0.15) is 0 Å². The summed E-state index contributed by atoms with van der Waals surface area (Å²) in [6, 6.07) is 0. The molecule has 3 atom stereocenters. The van der Waals surface area contributed by atoms with Gasteiger partial charge in [-0.3, -0.25) is 4.79 Å². The molecule has 0 amide bonds. The molecule has 4 heteroatoms. The lowest BCUT2D eigenvalue weighted by Crippen LogP contribution is -2.69. The summed E-state index contributed by atoms with van der Waals surface area (Å²) >= 11 is 6.02. The first-order valence-corrected chi connectivity index (χ1v) is 5.56. The third-order valence-electron chi connectivity index (χ3n) is 3.68. The molecule has 0 aromatic rings. The van der Waals surface area contributed by atoms with Crippen LogP contribution in [-0.2, 0) is 4.79 Å². The van der Waals surface area contributed by atoms with Crippen LogP contribution in [0.15, 0.2) is 0 Å². The molecule has 2 aliphatic carbocycles. The molecule has 14 heavy (non-hydrogen) atoms. The number of Topliss-reactive ketones (excluding diaryl/α,β-unsaturated/α-hetero) is 1. The minimum absolute atomic E-state index is 0.257. The van der Waals surface area contributed by atoms with E-state index < -0.39 is 16.6 Å². The van der Waals surface area contributed by atoms with Crippen molar-refractivity contribution in [1.82, 2.24) is 0 Å². The van der Waals surface area contributed by atoms with Gasteiger partial charge in [0.15, 0.2) is 11.4 Å². The Morgan fingerprint density at radius 2 is 2.00 bits per heavy atom. The number of ketones is 1. The quantitative estimate of drug-likeness (QED) is 0.646. The summed E-state index contributed by atoms with van der Waals surface area (Å²) in [4.78, 5) is 11.3. The summed E-state index contributed by atoms with van der Waals surface area (Å²) in [5.41, 5.74) is -2.94. The van der Waals surface area contributed by atoms with Crippen molar-refractivity contribution in [2.24, 2.45) is 0 Å². The van der Waals surface area contributed by atoms with Gasteiger partial charge in [0.1, 0.15) is 5.60 Å². The van der Waals surface area contributed by atoms with Crippen molar-refractivity contribution < 1.29 is 15.0 Å². The average Bonchev–Trinajstić information content (AvgIpc) is 2.19. The highest BCUT2D eigenvalue weighted by Crippen LogP contribution is 2.47. The molecular formula is C10H15ClO3. The molecule has 0 aliphatic heterocycles. The van der Waals surface area contributed by atoms with E-state index in [9.17, 15) is 15.0 Å². The predicted molar refractivity (Wildman–Crippen MR) is 52.2 cm³/mol. The van der Waals surface area contributed by atoms with Gasteiger partial charge in [0.2, 0.25) is 0 Å². The molecule has 0 bridgehead atoms. The fourth-order valence-corrected chi connectivity index (χ4v) is 2.95. The van der Waals surface area contributed by atoms with E-state index in [0.717, 1.165) is 12.8 Å². The van der Waals surface area contributed by atoms with Gasteiger partial charge in [-0.1, -0.05) is 12.8 Å². The lowest BCUT2D eigenvalue weighted by atomic mass is 9.62. The van der Waals surface area contributed by atoms with Crippen LogP contribution in [0.1, 0.15) is 38.5 Å². The Hall–Kier alpha value is -0.120. The van der Waals surface area contributed by atoms with E-state index in [0.29, 0.717) is 25.7 Å². The third-order valence-corrected chi connectivity index (χ3v) is 4.25. The second-order valence-electron chi connectivity index (χ2n) is 4.42. The van der Waals surface area contributed by atoms with Crippen LogP contribution in [0.25, 0.3) is 0 Å². The van der Waals surface area contributed by atoms with E-state index in [1.165, 1.54) is 0 Å². The zero-order valence-corrected chi connectivity index (χ0v) is 8.76. The molecule has 2 fully saturated rings. The summed E-state index contributed by atoms with van der Waals surface area (Å²) < 4.78 is 0. The zero-order chi connectivity index (χ0) is 10.4. The normalized spacial score (nSPS) is 48.8. The largest absolute Gasteiger partial charge is 0.385 e. The topological polar surface area (TPSA) is 57.5 Å². The van der Waals surface area contributed by atoms with Crippen molar-refractivity contribution in [3.05, 3.63) is 0 Å². The molecule has 2 N–H and O–H groups in total. The van der Waals surface area contributed by atoms with E-state index in [4.69, 9.17) is 11.6 Å². The Morgan fingerprint density at radius 3 is 2.43 bits per heavy atom. The summed E-state index contributed by atoms with van der Waals surface area (Å²) in [5.74, 6) is -0.257. The zero-order valence-electron chi connectivity index (χ0n) is 8.00. The van der Waals surface area contributed by atoms with Crippen molar-refractivity contribution >= 4 is 17.4 Å². The summed E-state index contributed by atoms with van der Waals surface area (Å²) in [6.45, 7) is 0. The van der Waals surface area contributed by atoms with Gasteiger partial charge < -0.3 is 10.2 Å². The third kappa shape index (κ3) is 1.16. The standard InChI is InChI=1S/C10H15ClO3/c11-7-3-1-2-5-9(7,13)10(14)6-4-8(10)12/h7,13-14H,1-6H2/t7-,9-,10-/m1/s1. The molecule has 0 unspecified atom stereocenters. The number of hydrogen-bond acceptors (Lipinski definition) is 3. The minimum Gasteiger partial charge on any atom is -0.385 e. The molecule has 0 spiro atoms. The Morgan fingerprint density at radius 1 is 1.29 bits per heavy atom. The number of rotatable bonds is 1. The van der Waals surface area contributed by atoms with Crippen LogP contribution in [0.4, 0.5) is 0 Å². The van der Waals surface area contributed by atoms with Crippen LogP contribution in [0.3, 0.4) is 0 Å². The molecule has 2 aliphatic rings. The Labute approximate surface area is 88.1 Å². The van der Waals surface area contributed by atoms with Crippen molar-refractivity contribution in [2.75, 3.05) is 0 Å². The van der Waals surface area contributed by atoms with Gasteiger partial charge in [0.05, 0.1) is 5.38 Å². The number of alkyl halides is 1. The SMILES string of the molecule is O=C1CC[C@]1(O)[C@@]1(O)CCCC[C@H]1Cl. The number of hydrogen-bond donors (Lipinski definition) is 2. The first-order chi connectivity index (χ1) is 6.51. The van der Waals surface area contributed by atoms with Gasteiger partial charge in [-0.15, -0.1) is 11.6 Å². The van der Waals surface area contributed by atoms with E-state index >= 15 is 0 Å². The molecule has 80 valence electrons. The van der Waals surface area contributed by atoms with Crippen molar-refractivity contribution in [2.45, 2.75) is 55.1 Å². The molecule has 0 aromatic carbocycles. The number of halogens is 1. The Bertz CT molecular complexity index is 268. The van der Waals surface area contributed by atoms with Crippen LogP contribution in [-0.4, -0.2) is 32.6 Å². The highest BCUT2D eigenvalue weighted by atomic mass is 35.5. The molecule has 2 rings (SSSR count). The van der Waals surface area contributed by atoms with Gasteiger partial charge in [-0.05, 0) is 19.3 Å². The molecule has 0 heterocycles. The number of carbonyl (C=O) groups excluding carboxylic acids is 1. The highest BCUT2D eigenvalue weighted by molar-refractivity contribution is 6.22. The predicted octanol–water partition coefficient (Wildman–Crippen LogP) is 0.993. The number of carbonyl (C=O) groups is 1. The summed E-state index contributed by atoms with van der Waals surface area (Å²) in [5, 5.41) is 19.8. The minimum atomic E-state index is -1.56. The second-order valence-corrected chi connectivity index (χ2v) is 4.95. The molecule has 0 aromatic heterocycles. The van der Waals surface area contributed by atoms with E-state index in [2.05, 4.69) is 0 Å². The van der Waals surface area contributed by atoms with Crippen LogP contribution in [0.5, 0.6) is 0 Å². The molecule has 3 nitrogen and oxygen atoms in total. The van der Waals surface area contributed by atoms with Gasteiger partial charge in [0, 0.05) is 6.42 Å². The lowest BCUT2D eigenvalue weighted by molar-refractivity contribution is -0.201. The van der Waals surface area contributed by atoms with E-state index in [1.54, 1.807) is 0 Å². The Balaban J connectivity index is 2.25. The van der Waals surface area contributed by atoms with Crippen LogP contribution in [0, 0.1) is 0 Å². The van der Waals surface area contributed by atoms with Gasteiger partial charge in [0.25, 0.3) is 0 Å². The highest BCUT2D eigenvalue weighted by Gasteiger charge is 2.62. The monoisotopic (exact) mass is 218 g/mol. The lowest BCUT2D eigenvalue weighted by Gasteiger charge is -2.51. The van der Waals surface area contributed by atoms with Gasteiger partial charge >= 0.3 is 0 Å². The van der Waals surface area contributed by atoms with Crippen molar-refractivity contribution in [3.8, 4) is 0 Å². The Kier molecular flexibility index (Phi) is 2.37. The second kappa shape index (κ2) is 3.19. The summed E-state index contributed by atoms with van der Waals surface area (Å²) in [6.07, 6.45) is 3.61. The fraction of sp³-hybridized carbons (Fsp3) is 0.900. The summed E-state index contributed by atoms with van der Waals surface area (Å²) in [7, 11) is 0. The van der Waals surface area contributed by atoms with Crippen molar-refractivity contribution in [1.29, 1.82) is 0 Å². The maximum Gasteiger partial charge on any atom is 0.167 e. The van der Waals surface area contributed by atoms with Gasteiger partial charge in [-0.25, -0.2) is 0 Å². The molecule has 0 saturated heterocycles. The maximum absolute atomic E-state index is 11.3. The molecule has 0 radical (unpaired) electrons. The first-order valence-electron chi connectivity index (χ1n) is 5.13. The van der Waals surface area contributed by atoms with Crippen LogP contribution < -0.4 is 0 Å².